The van der Waals surface area contributed by atoms with E-state index in [9.17, 15) is 4.39 Å². The van der Waals surface area contributed by atoms with E-state index < -0.39 is 0 Å². The van der Waals surface area contributed by atoms with E-state index in [0.717, 1.165) is 5.56 Å². The molecule has 0 radical (unpaired) electrons. The highest BCUT2D eigenvalue weighted by molar-refractivity contribution is 9.10. The predicted octanol–water partition coefficient (Wildman–Crippen LogP) is 4.22. The molecule has 0 saturated carbocycles. The molecule has 2 heterocycles. The summed E-state index contributed by atoms with van der Waals surface area (Å²) in [5.74, 6) is 1.33. The maximum absolute atomic E-state index is 13.3. The third kappa shape index (κ3) is 3.26. The maximum atomic E-state index is 13.3. The quantitative estimate of drug-likeness (QED) is 0.550. The molecule has 0 unspecified atom stereocenters. The molecule has 0 atom stereocenters. The molecule has 1 N–H and O–H groups in total. The van der Waals surface area contributed by atoms with Crippen molar-refractivity contribution in [2.75, 3.05) is 0 Å². The van der Waals surface area contributed by atoms with Crippen molar-refractivity contribution in [3.63, 3.8) is 0 Å². The zero-order chi connectivity index (χ0) is 17.2. The summed E-state index contributed by atoms with van der Waals surface area (Å²) in [5, 5.41) is 17.5. The summed E-state index contributed by atoms with van der Waals surface area (Å²) in [6.45, 7) is 0. The van der Waals surface area contributed by atoms with Crippen LogP contribution in [0.25, 0.3) is 22.8 Å². The van der Waals surface area contributed by atoms with Crippen molar-refractivity contribution in [3.05, 3.63) is 58.8 Å². The van der Waals surface area contributed by atoms with Gasteiger partial charge in [0.2, 0.25) is 11.6 Å². The van der Waals surface area contributed by atoms with Gasteiger partial charge in [-0.05, 0) is 57.5 Å². The molecule has 0 bridgehead atoms. The number of benzene rings is 2. The van der Waals surface area contributed by atoms with Crippen molar-refractivity contribution in [3.8, 4) is 34.3 Å². The standard InChI is InChI=1S/C16H9BrFN5O2/c17-12-6-3-10(18)7-14(12)24-11-4-1-9(2-5-11)13-8-15(25-21-13)16-19-22-23-20-16/h1-8H,(H,19,20,22,23). The molecule has 124 valence electrons. The van der Waals surface area contributed by atoms with Crippen LogP contribution in [0.1, 0.15) is 0 Å². The predicted molar refractivity (Wildman–Crippen MR) is 89.3 cm³/mol. The Labute approximate surface area is 148 Å². The van der Waals surface area contributed by atoms with Gasteiger partial charge in [0.1, 0.15) is 23.0 Å². The lowest BCUT2D eigenvalue weighted by Crippen LogP contribution is -1.87. The Bertz CT molecular complexity index is 1000. The van der Waals surface area contributed by atoms with Crippen LogP contribution < -0.4 is 4.74 Å². The van der Waals surface area contributed by atoms with Crippen LogP contribution in [0, 0.1) is 5.82 Å². The van der Waals surface area contributed by atoms with E-state index in [-0.39, 0.29) is 5.82 Å². The van der Waals surface area contributed by atoms with Gasteiger partial charge in [-0.3, -0.25) is 0 Å². The number of aromatic nitrogens is 5. The van der Waals surface area contributed by atoms with Gasteiger partial charge in [-0.25, -0.2) is 4.39 Å². The molecule has 0 saturated heterocycles. The number of nitrogens with one attached hydrogen (secondary N) is 1. The van der Waals surface area contributed by atoms with Gasteiger partial charge in [0.05, 0.1) is 4.47 Å². The number of H-pyrrole nitrogens is 1. The number of rotatable bonds is 4. The van der Waals surface area contributed by atoms with Gasteiger partial charge in [0, 0.05) is 17.7 Å². The van der Waals surface area contributed by atoms with Crippen LogP contribution in [0.15, 0.2) is 57.5 Å². The van der Waals surface area contributed by atoms with Crippen LogP contribution >= 0.6 is 15.9 Å². The third-order valence-corrected chi connectivity index (χ3v) is 4.00. The first-order valence-corrected chi connectivity index (χ1v) is 7.92. The molecule has 7 nitrogen and oxygen atoms in total. The van der Waals surface area contributed by atoms with Crippen molar-refractivity contribution in [2.24, 2.45) is 0 Å². The van der Waals surface area contributed by atoms with E-state index in [1.807, 2.05) is 12.1 Å². The van der Waals surface area contributed by atoms with E-state index in [2.05, 4.69) is 41.7 Å². The fourth-order valence-electron chi connectivity index (χ4n) is 2.16. The molecule has 9 heteroatoms. The molecule has 2 aromatic heterocycles. The molecule has 0 aliphatic heterocycles. The Morgan fingerprint density at radius 2 is 1.92 bits per heavy atom. The van der Waals surface area contributed by atoms with E-state index in [1.54, 1.807) is 24.3 Å². The number of hydrogen-bond acceptors (Lipinski definition) is 6. The molecule has 0 fully saturated rings. The van der Waals surface area contributed by atoms with Crippen molar-refractivity contribution >= 4 is 15.9 Å². The second-order valence-electron chi connectivity index (χ2n) is 5.01. The monoisotopic (exact) mass is 401 g/mol. The molecular weight excluding hydrogens is 393 g/mol. The van der Waals surface area contributed by atoms with E-state index in [1.165, 1.54) is 12.1 Å². The maximum Gasteiger partial charge on any atom is 0.242 e. The minimum atomic E-state index is -0.369. The molecule has 0 aliphatic rings. The zero-order valence-electron chi connectivity index (χ0n) is 12.5. The Balaban J connectivity index is 1.55. The molecule has 4 aromatic rings. The summed E-state index contributed by atoms with van der Waals surface area (Å²) in [4.78, 5) is 0. The third-order valence-electron chi connectivity index (χ3n) is 3.35. The molecule has 0 spiro atoms. The highest BCUT2D eigenvalue weighted by atomic mass is 79.9. The van der Waals surface area contributed by atoms with Gasteiger partial charge in [-0.2, -0.15) is 5.21 Å². The second-order valence-corrected chi connectivity index (χ2v) is 5.87. The lowest BCUT2D eigenvalue weighted by Gasteiger charge is -2.08. The fraction of sp³-hybridized carbons (Fsp3) is 0. The highest BCUT2D eigenvalue weighted by Crippen LogP contribution is 2.31. The van der Waals surface area contributed by atoms with Gasteiger partial charge < -0.3 is 9.26 Å². The molecule has 0 aliphatic carbocycles. The van der Waals surface area contributed by atoms with Gasteiger partial charge >= 0.3 is 0 Å². The Morgan fingerprint density at radius 1 is 1.08 bits per heavy atom. The first kappa shape index (κ1) is 15.5. The number of ether oxygens (including phenoxy) is 1. The van der Waals surface area contributed by atoms with Gasteiger partial charge in [-0.15, -0.1) is 10.2 Å². The van der Waals surface area contributed by atoms with E-state index >= 15 is 0 Å². The Kier molecular flexibility index (Phi) is 3.98. The lowest BCUT2D eigenvalue weighted by molar-refractivity contribution is 0.432. The van der Waals surface area contributed by atoms with Crippen molar-refractivity contribution in [2.45, 2.75) is 0 Å². The number of halogens is 2. The Morgan fingerprint density at radius 3 is 2.68 bits per heavy atom. The summed E-state index contributed by atoms with van der Waals surface area (Å²) in [7, 11) is 0. The van der Waals surface area contributed by atoms with Gasteiger partial charge in [0.25, 0.3) is 0 Å². The topological polar surface area (TPSA) is 89.7 Å². The largest absolute Gasteiger partial charge is 0.456 e. The fourth-order valence-corrected chi connectivity index (χ4v) is 2.49. The van der Waals surface area contributed by atoms with Crippen LogP contribution in [0.5, 0.6) is 11.5 Å². The summed E-state index contributed by atoms with van der Waals surface area (Å²) in [5.41, 5.74) is 1.45. The average molecular weight is 402 g/mol. The highest BCUT2D eigenvalue weighted by Gasteiger charge is 2.12. The molecule has 4 rings (SSSR count). The van der Waals surface area contributed by atoms with Crippen LogP contribution in [0.4, 0.5) is 4.39 Å². The lowest BCUT2D eigenvalue weighted by atomic mass is 10.1. The smallest absolute Gasteiger partial charge is 0.242 e. The number of tetrazole rings is 1. The first-order valence-electron chi connectivity index (χ1n) is 7.13. The van der Waals surface area contributed by atoms with E-state index in [4.69, 9.17) is 9.26 Å². The average Bonchev–Trinajstić information content (AvgIpc) is 3.30. The number of hydrogen-bond donors (Lipinski definition) is 1. The van der Waals surface area contributed by atoms with Crippen molar-refractivity contribution in [1.82, 2.24) is 25.8 Å². The van der Waals surface area contributed by atoms with Crippen molar-refractivity contribution in [1.29, 1.82) is 0 Å². The van der Waals surface area contributed by atoms with Crippen LogP contribution in [0.3, 0.4) is 0 Å². The molecule has 2 aromatic carbocycles. The Hall–Kier alpha value is -3.07. The normalized spacial score (nSPS) is 10.8. The first-order chi connectivity index (χ1) is 12.2. The second kappa shape index (κ2) is 6.44. The molecule has 25 heavy (non-hydrogen) atoms. The summed E-state index contributed by atoms with van der Waals surface area (Å²) < 4.78 is 24.9. The van der Waals surface area contributed by atoms with Gasteiger partial charge in [0.15, 0.2) is 0 Å². The summed E-state index contributed by atoms with van der Waals surface area (Å²) in [6, 6.07) is 13.1. The zero-order valence-corrected chi connectivity index (χ0v) is 14.1. The van der Waals surface area contributed by atoms with E-state index in [0.29, 0.717) is 33.3 Å². The van der Waals surface area contributed by atoms with Crippen LogP contribution in [0.2, 0.25) is 0 Å². The minimum absolute atomic E-state index is 0.328. The number of nitrogens with zero attached hydrogens (tertiary/aromatic N) is 4. The van der Waals surface area contributed by atoms with Crippen LogP contribution in [-0.2, 0) is 0 Å². The summed E-state index contributed by atoms with van der Waals surface area (Å²) in [6.07, 6.45) is 0. The van der Waals surface area contributed by atoms with Gasteiger partial charge in [-0.1, -0.05) is 5.16 Å². The molecule has 0 amide bonds. The molecular formula is C16H9BrFN5O2. The SMILES string of the molecule is Fc1ccc(Br)c(Oc2ccc(-c3cc(-c4nn[nH]n4)on3)cc2)c1. The van der Waals surface area contributed by atoms with Crippen LogP contribution in [-0.4, -0.2) is 25.8 Å². The minimum Gasteiger partial charge on any atom is -0.456 e. The summed E-state index contributed by atoms with van der Waals surface area (Å²) >= 11 is 3.33. The van der Waals surface area contributed by atoms with Crippen molar-refractivity contribution < 1.29 is 13.7 Å². The number of aromatic amines is 1.